The first-order valence-electron chi connectivity index (χ1n) is 6.67. The number of ether oxygens (including phenoxy) is 1. The summed E-state index contributed by atoms with van der Waals surface area (Å²) in [6.07, 6.45) is 1.02. The van der Waals surface area contributed by atoms with Gasteiger partial charge in [-0.1, -0.05) is 12.1 Å². The van der Waals surface area contributed by atoms with E-state index in [9.17, 15) is 4.79 Å². The van der Waals surface area contributed by atoms with Crippen molar-refractivity contribution in [2.45, 2.75) is 19.0 Å². The molecule has 5 heteroatoms. The highest BCUT2D eigenvalue weighted by atomic mass is 32.2. The molecule has 4 nitrogen and oxygen atoms in total. The second kappa shape index (κ2) is 5.84. The van der Waals surface area contributed by atoms with Gasteiger partial charge in [0.1, 0.15) is 6.61 Å². The fourth-order valence-electron chi connectivity index (χ4n) is 2.38. The molecule has 2 saturated heterocycles. The van der Waals surface area contributed by atoms with Crippen molar-refractivity contribution in [3.63, 3.8) is 0 Å². The lowest BCUT2D eigenvalue weighted by molar-refractivity contribution is 0.181. The molecule has 2 aliphatic rings. The number of hydrogen-bond donors (Lipinski definition) is 1. The third kappa shape index (κ3) is 3.04. The summed E-state index contributed by atoms with van der Waals surface area (Å²) in [4.78, 5) is 13.1. The molecule has 2 heterocycles. The van der Waals surface area contributed by atoms with Crippen molar-refractivity contribution in [2.75, 3.05) is 29.6 Å². The van der Waals surface area contributed by atoms with Crippen molar-refractivity contribution in [3.05, 3.63) is 29.8 Å². The fraction of sp³-hybridized carbons (Fsp3) is 0.500. The largest absolute Gasteiger partial charge is 0.447 e. The fourth-order valence-corrected chi connectivity index (χ4v) is 3.57. The molecule has 0 radical (unpaired) electrons. The van der Waals surface area contributed by atoms with Gasteiger partial charge in [0.2, 0.25) is 0 Å². The summed E-state index contributed by atoms with van der Waals surface area (Å²) in [7, 11) is 0. The van der Waals surface area contributed by atoms with Gasteiger partial charge in [-0.2, -0.15) is 11.8 Å². The van der Waals surface area contributed by atoms with Gasteiger partial charge < -0.3 is 10.1 Å². The average Bonchev–Trinajstić information content (AvgIpc) is 3.08. The zero-order valence-corrected chi connectivity index (χ0v) is 11.6. The minimum atomic E-state index is -0.242. The smallest absolute Gasteiger partial charge is 0.414 e. The summed E-state index contributed by atoms with van der Waals surface area (Å²) < 4.78 is 4.94. The standard InChI is InChI=1S/C14H18N2O2S/c17-14-16(6-7-18-14)13-3-1-11(2-4-13)9-15-12-5-8-19-10-12/h1-4,12,15H,5-10H2/t12-/m0/s1. The molecular formula is C14H18N2O2S. The summed E-state index contributed by atoms with van der Waals surface area (Å²) >= 11 is 2.02. The van der Waals surface area contributed by atoms with Crippen LogP contribution in [0, 0.1) is 0 Å². The van der Waals surface area contributed by atoms with E-state index in [2.05, 4.69) is 17.4 Å². The van der Waals surface area contributed by atoms with E-state index < -0.39 is 0 Å². The summed E-state index contributed by atoms with van der Waals surface area (Å²) in [5.41, 5.74) is 2.18. The Hall–Kier alpha value is -1.20. The molecule has 0 unspecified atom stereocenters. The molecule has 0 aromatic heterocycles. The number of nitrogens with zero attached hydrogens (tertiary/aromatic N) is 1. The number of carbonyl (C=O) groups excluding carboxylic acids is 1. The van der Waals surface area contributed by atoms with Crippen LogP contribution in [0.2, 0.25) is 0 Å². The summed E-state index contributed by atoms with van der Waals surface area (Å²) in [5.74, 6) is 2.49. The maximum Gasteiger partial charge on any atom is 0.414 e. The number of cyclic esters (lactones) is 1. The van der Waals surface area contributed by atoms with E-state index in [1.54, 1.807) is 4.90 Å². The van der Waals surface area contributed by atoms with Gasteiger partial charge in [0.25, 0.3) is 0 Å². The lowest BCUT2D eigenvalue weighted by Gasteiger charge is -2.14. The van der Waals surface area contributed by atoms with E-state index in [1.165, 1.54) is 23.5 Å². The Labute approximate surface area is 117 Å². The number of hydrogen-bond acceptors (Lipinski definition) is 4. The van der Waals surface area contributed by atoms with Gasteiger partial charge >= 0.3 is 6.09 Å². The normalized spacial score (nSPS) is 22.8. The highest BCUT2D eigenvalue weighted by Gasteiger charge is 2.23. The van der Waals surface area contributed by atoms with Gasteiger partial charge in [-0.3, -0.25) is 4.90 Å². The minimum absolute atomic E-state index is 0.242. The minimum Gasteiger partial charge on any atom is -0.447 e. The van der Waals surface area contributed by atoms with Gasteiger partial charge in [-0.05, 0) is 29.9 Å². The first-order chi connectivity index (χ1) is 9.33. The van der Waals surface area contributed by atoms with E-state index in [1.807, 2.05) is 23.9 Å². The third-order valence-electron chi connectivity index (χ3n) is 3.53. The van der Waals surface area contributed by atoms with Crippen LogP contribution in [0.1, 0.15) is 12.0 Å². The molecule has 1 amide bonds. The molecule has 2 fully saturated rings. The van der Waals surface area contributed by atoms with Crippen molar-refractivity contribution in [3.8, 4) is 0 Å². The molecule has 2 aliphatic heterocycles. The zero-order valence-electron chi connectivity index (χ0n) is 10.8. The Morgan fingerprint density at radius 2 is 2.21 bits per heavy atom. The number of anilines is 1. The SMILES string of the molecule is O=C1OCCN1c1ccc(CN[C@H]2CCSC2)cc1. The van der Waals surface area contributed by atoms with Gasteiger partial charge in [0.05, 0.1) is 6.54 Å². The number of carbonyl (C=O) groups is 1. The molecule has 0 bridgehead atoms. The zero-order chi connectivity index (χ0) is 13.1. The van der Waals surface area contributed by atoms with Gasteiger partial charge in [-0.15, -0.1) is 0 Å². The summed E-state index contributed by atoms with van der Waals surface area (Å²) in [6, 6.07) is 8.80. The lowest BCUT2D eigenvalue weighted by atomic mass is 10.1. The van der Waals surface area contributed by atoms with Crippen LogP contribution in [-0.2, 0) is 11.3 Å². The predicted molar refractivity (Wildman–Crippen MR) is 77.7 cm³/mol. The molecule has 19 heavy (non-hydrogen) atoms. The van der Waals surface area contributed by atoms with Gasteiger partial charge in [0.15, 0.2) is 0 Å². The Balaban J connectivity index is 1.57. The van der Waals surface area contributed by atoms with Crippen molar-refractivity contribution >= 4 is 23.5 Å². The molecule has 1 atom stereocenters. The maximum absolute atomic E-state index is 11.4. The topological polar surface area (TPSA) is 41.6 Å². The van der Waals surface area contributed by atoms with Crippen LogP contribution in [0.5, 0.6) is 0 Å². The van der Waals surface area contributed by atoms with E-state index in [4.69, 9.17) is 4.74 Å². The molecule has 1 aromatic rings. The summed E-state index contributed by atoms with van der Waals surface area (Å²) in [6.45, 7) is 2.03. The van der Waals surface area contributed by atoms with Crippen LogP contribution < -0.4 is 10.2 Å². The number of nitrogens with one attached hydrogen (secondary N) is 1. The predicted octanol–water partition coefficient (Wildman–Crippen LogP) is 2.24. The Morgan fingerprint density at radius 1 is 1.37 bits per heavy atom. The van der Waals surface area contributed by atoms with Crippen LogP contribution in [0.15, 0.2) is 24.3 Å². The Kier molecular flexibility index (Phi) is 3.94. The van der Waals surface area contributed by atoms with Crippen LogP contribution in [-0.4, -0.2) is 36.8 Å². The van der Waals surface area contributed by atoms with Crippen LogP contribution >= 0.6 is 11.8 Å². The number of rotatable bonds is 4. The van der Waals surface area contributed by atoms with Gasteiger partial charge in [0, 0.05) is 24.0 Å². The van der Waals surface area contributed by atoms with Crippen molar-refractivity contribution in [1.82, 2.24) is 5.32 Å². The summed E-state index contributed by atoms with van der Waals surface area (Å²) in [5, 5.41) is 3.57. The van der Waals surface area contributed by atoms with Gasteiger partial charge in [-0.25, -0.2) is 4.79 Å². The molecular weight excluding hydrogens is 260 g/mol. The first kappa shape index (κ1) is 12.8. The molecule has 0 saturated carbocycles. The van der Waals surface area contributed by atoms with E-state index in [0.717, 1.165) is 12.2 Å². The van der Waals surface area contributed by atoms with E-state index in [-0.39, 0.29) is 6.09 Å². The van der Waals surface area contributed by atoms with Crippen LogP contribution in [0.4, 0.5) is 10.5 Å². The van der Waals surface area contributed by atoms with E-state index >= 15 is 0 Å². The van der Waals surface area contributed by atoms with Crippen molar-refractivity contribution in [1.29, 1.82) is 0 Å². The van der Waals surface area contributed by atoms with Crippen LogP contribution in [0.3, 0.4) is 0 Å². The molecule has 1 aromatic carbocycles. The first-order valence-corrected chi connectivity index (χ1v) is 7.83. The number of amides is 1. The Bertz CT molecular complexity index is 443. The third-order valence-corrected chi connectivity index (χ3v) is 4.70. The lowest BCUT2D eigenvalue weighted by Crippen LogP contribution is -2.28. The monoisotopic (exact) mass is 278 g/mol. The number of benzene rings is 1. The molecule has 3 rings (SSSR count). The average molecular weight is 278 g/mol. The van der Waals surface area contributed by atoms with Crippen LogP contribution in [0.25, 0.3) is 0 Å². The molecule has 0 aliphatic carbocycles. The number of thioether (sulfide) groups is 1. The Morgan fingerprint density at radius 3 is 2.84 bits per heavy atom. The second-order valence-electron chi connectivity index (χ2n) is 4.87. The molecule has 1 N–H and O–H groups in total. The molecule has 0 spiro atoms. The second-order valence-corrected chi connectivity index (χ2v) is 6.02. The quantitative estimate of drug-likeness (QED) is 0.917. The maximum atomic E-state index is 11.4. The molecule has 102 valence electrons. The van der Waals surface area contributed by atoms with E-state index in [0.29, 0.717) is 19.2 Å². The highest BCUT2D eigenvalue weighted by Crippen LogP contribution is 2.20. The highest BCUT2D eigenvalue weighted by molar-refractivity contribution is 7.99. The van der Waals surface area contributed by atoms with Crippen molar-refractivity contribution in [2.24, 2.45) is 0 Å². The van der Waals surface area contributed by atoms with Crippen molar-refractivity contribution < 1.29 is 9.53 Å².